The molecule has 0 saturated heterocycles. The van der Waals surface area contributed by atoms with Gasteiger partial charge in [0.25, 0.3) is 0 Å². The molecule has 0 amide bonds. The second kappa shape index (κ2) is 4.84. The maximum Gasteiger partial charge on any atom is 0.0354 e. The second-order valence-electron chi connectivity index (χ2n) is 5.67. The third-order valence-corrected chi connectivity index (χ3v) is 4.64. The summed E-state index contributed by atoms with van der Waals surface area (Å²) in [5.74, 6) is 0. The lowest BCUT2D eigenvalue weighted by Crippen LogP contribution is -2.55. The molecule has 0 aliphatic heterocycles. The first-order valence-electron chi connectivity index (χ1n) is 6.41. The third kappa shape index (κ3) is 2.54. The second-order valence-corrected chi connectivity index (χ2v) is 5.67. The van der Waals surface area contributed by atoms with E-state index in [1.54, 1.807) is 0 Å². The molecule has 0 aromatic rings. The maximum atomic E-state index is 6.00. The zero-order valence-electron chi connectivity index (χ0n) is 11.0. The predicted octanol–water partition coefficient (Wildman–Crippen LogP) is 2.63. The molecule has 2 N–H and O–H groups in total. The largest absolute Gasteiger partial charge is 0.329 e. The molecule has 0 bridgehead atoms. The van der Waals surface area contributed by atoms with Crippen LogP contribution in [0.1, 0.15) is 52.9 Å². The molecule has 1 rings (SSSR count). The first-order valence-corrected chi connectivity index (χ1v) is 6.41. The van der Waals surface area contributed by atoms with Crippen LogP contribution in [0.5, 0.6) is 0 Å². The number of hydrogen-bond acceptors (Lipinski definition) is 2. The third-order valence-electron chi connectivity index (χ3n) is 4.64. The Morgan fingerprint density at radius 3 is 2.33 bits per heavy atom. The molecule has 2 heteroatoms. The molecule has 1 aliphatic rings. The zero-order chi connectivity index (χ0) is 11.5. The smallest absolute Gasteiger partial charge is 0.0354 e. The molecular formula is C13H28N2. The Balaban J connectivity index is 2.49. The lowest BCUT2D eigenvalue weighted by Gasteiger charge is -2.43. The van der Waals surface area contributed by atoms with Gasteiger partial charge in [-0.2, -0.15) is 0 Å². The SMILES string of the molecule is CCCCCN(C)C(C)(CN)C1(C)CC1. The van der Waals surface area contributed by atoms with Gasteiger partial charge >= 0.3 is 0 Å². The van der Waals surface area contributed by atoms with E-state index in [-0.39, 0.29) is 5.54 Å². The van der Waals surface area contributed by atoms with Crippen LogP contribution < -0.4 is 5.73 Å². The van der Waals surface area contributed by atoms with Crippen molar-refractivity contribution in [1.29, 1.82) is 0 Å². The van der Waals surface area contributed by atoms with Gasteiger partial charge in [-0.05, 0) is 45.2 Å². The molecule has 1 atom stereocenters. The highest BCUT2D eigenvalue weighted by Gasteiger charge is 2.53. The fourth-order valence-corrected chi connectivity index (χ4v) is 2.43. The Morgan fingerprint density at radius 2 is 1.93 bits per heavy atom. The topological polar surface area (TPSA) is 29.3 Å². The Morgan fingerprint density at radius 1 is 1.33 bits per heavy atom. The van der Waals surface area contributed by atoms with Crippen molar-refractivity contribution in [3.8, 4) is 0 Å². The van der Waals surface area contributed by atoms with Crippen LogP contribution in [0.2, 0.25) is 0 Å². The molecule has 0 spiro atoms. The van der Waals surface area contributed by atoms with Crippen LogP contribution in [-0.4, -0.2) is 30.6 Å². The minimum absolute atomic E-state index is 0.209. The van der Waals surface area contributed by atoms with Gasteiger partial charge in [0, 0.05) is 12.1 Å². The molecule has 1 aliphatic carbocycles. The van der Waals surface area contributed by atoms with Gasteiger partial charge in [0.15, 0.2) is 0 Å². The molecule has 0 aromatic heterocycles. The van der Waals surface area contributed by atoms with Crippen molar-refractivity contribution >= 4 is 0 Å². The summed E-state index contributed by atoms with van der Waals surface area (Å²) in [6.45, 7) is 8.95. The van der Waals surface area contributed by atoms with Gasteiger partial charge in [-0.3, -0.25) is 4.90 Å². The standard InChI is InChI=1S/C13H28N2/c1-5-6-7-10-15(4)13(3,11-14)12(2)8-9-12/h5-11,14H2,1-4H3. The van der Waals surface area contributed by atoms with Crippen molar-refractivity contribution in [2.24, 2.45) is 11.1 Å². The summed E-state index contributed by atoms with van der Waals surface area (Å²) in [4.78, 5) is 2.50. The van der Waals surface area contributed by atoms with E-state index in [1.807, 2.05) is 0 Å². The van der Waals surface area contributed by atoms with E-state index >= 15 is 0 Å². The maximum absolute atomic E-state index is 6.00. The predicted molar refractivity (Wildman–Crippen MR) is 67.0 cm³/mol. The first kappa shape index (κ1) is 13.0. The van der Waals surface area contributed by atoms with Gasteiger partial charge in [-0.15, -0.1) is 0 Å². The Bertz CT molecular complexity index is 199. The van der Waals surface area contributed by atoms with Crippen LogP contribution in [0.3, 0.4) is 0 Å². The number of nitrogens with two attached hydrogens (primary N) is 1. The van der Waals surface area contributed by atoms with Crippen molar-refractivity contribution in [2.75, 3.05) is 20.1 Å². The number of unbranched alkanes of at least 4 members (excludes halogenated alkanes) is 2. The van der Waals surface area contributed by atoms with Crippen molar-refractivity contribution < 1.29 is 0 Å². The summed E-state index contributed by atoms with van der Waals surface area (Å²) in [5, 5.41) is 0. The van der Waals surface area contributed by atoms with Gasteiger partial charge in [-0.1, -0.05) is 26.7 Å². The molecular weight excluding hydrogens is 184 g/mol. The van der Waals surface area contributed by atoms with Gasteiger partial charge in [0.2, 0.25) is 0 Å². The van der Waals surface area contributed by atoms with Gasteiger partial charge in [0.05, 0.1) is 0 Å². The van der Waals surface area contributed by atoms with Crippen molar-refractivity contribution in [2.45, 2.75) is 58.4 Å². The van der Waals surface area contributed by atoms with Crippen LogP contribution in [0.4, 0.5) is 0 Å². The normalized spacial score (nSPS) is 22.8. The van der Waals surface area contributed by atoms with Crippen LogP contribution in [0, 0.1) is 5.41 Å². The first-order chi connectivity index (χ1) is 7.00. The molecule has 1 saturated carbocycles. The minimum Gasteiger partial charge on any atom is -0.329 e. The average molecular weight is 212 g/mol. The van der Waals surface area contributed by atoms with Gasteiger partial charge in [0.1, 0.15) is 0 Å². The summed E-state index contributed by atoms with van der Waals surface area (Å²) in [6.07, 6.45) is 6.63. The number of nitrogens with zero attached hydrogens (tertiary/aromatic N) is 1. The van der Waals surface area contributed by atoms with Gasteiger partial charge < -0.3 is 5.73 Å². The van der Waals surface area contributed by atoms with Crippen LogP contribution in [-0.2, 0) is 0 Å². The molecule has 90 valence electrons. The average Bonchev–Trinajstić information content (AvgIpc) is 2.97. The lowest BCUT2D eigenvalue weighted by molar-refractivity contribution is 0.0712. The highest BCUT2D eigenvalue weighted by Crippen LogP contribution is 2.55. The number of likely N-dealkylation sites (N-methyl/N-ethyl adjacent to an activating group) is 1. The molecule has 2 nitrogen and oxygen atoms in total. The summed E-state index contributed by atoms with van der Waals surface area (Å²) < 4.78 is 0. The molecule has 1 unspecified atom stereocenters. The van der Waals surface area contributed by atoms with Crippen LogP contribution >= 0.6 is 0 Å². The number of hydrogen-bond donors (Lipinski definition) is 1. The van der Waals surface area contributed by atoms with E-state index in [4.69, 9.17) is 5.73 Å². The summed E-state index contributed by atoms with van der Waals surface area (Å²) >= 11 is 0. The van der Waals surface area contributed by atoms with E-state index < -0.39 is 0 Å². The minimum atomic E-state index is 0.209. The monoisotopic (exact) mass is 212 g/mol. The summed E-state index contributed by atoms with van der Waals surface area (Å²) in [5.41, 5.74) is 6.68. The Labute approximate surface area is 95.2 Å². The lowest BCUT2D eigenvalue weighted by atomic mass is 9.82. The van der Waals surface area contributed by atoms with E-state index in [0.717, 1.165) is 6.54 Å². The molecule has 0 radical (unpaired) electrons. The molecule has 0 aromatic carbocycles. The fourth-order valence-electron chi connectivity index (χ4n) is 2.43. The van der Waals surface area contributed by atoms with Crippen molar-refractivity contribution in [3.05, 3.63) is 0 Å². The van der Waals surface area contributed by atoms with Gasteiger partial charge in [-0.25, -0.2) is 0 Å². The summed E-state index contributed by atoms with van der Waals surface area (Å²) in [7, 11) is 2.24. The van der Waals surface area contributed by atoms with Crippen LogP contribution in [0.25, 0.3) is 0 Å². The van der Waals surface area contributed by atoms with E-state index in [0.29, 0.717) is 5.41 Å². The van der Waals surface area contributed by atoms with Crippen molar-refractivity contribution in [3.63, 3.8) is 0 Å². The van der Waals surface area contributed by atoms with E-state index in [1.165, 1.54) is 38.6 Å². The van der Waals surface area contributed by atoms with Crippen molar-refractivity contribution in [1.82, 2.24) is 4.90 Å². The molecule has 1 fully saturated rings. The highest BCUT2D eigenvalue weighted by atomic mass is 15.2. The fraction of sp³-hybridized carbons (Fsp3) is 1.00. The number of rotatable bonds is 7. The molecule has 0 heterocycles. The Kier molecular flexibility index (Phi) is 4.19. The molecule has 15 heavy (non-hydrogen) atoms. The van der Waals surface area contributed by atoms with E-state index in [2.05, 4.69) is 32.7 Å². The quantitative estimate of drug-likeness (QED) is 0.657. The zero-order valence-corrected chi connectivity index (χ0v) is 11.0. The van der Waals surface area contributed by atoms with Crippen LogP contribution in [0.15, 0.2) is 0 Å². The Hall–Kier alpha value is -0.0800. The highest BCUT2D eigenvalue weighted by molar-refractivity contribution is 5.08. The van der Waals surface area contributed by atoms with E-state index in [9.17, 15) is 0 Å². The summed E-state index contributed by atoms with van der Waals surface area (Å²) in [6, 6.07) is 0.